The number of nitrogens with zero attached hydrogens (tertiary/aromatic N) is 2. The van der Waals surface area contributed by atoms with Gasteiger partial charge in [0, 0.05) is 18.7 Å². The van der Waals surface area contributed by atoms with Crippen LogP contribution in [0, 0.1) is 5.92 Å². The number of nitrogens with one attached hydrogen (secondary N) is 2. The number of fused-ring (bicyclic) bond motifs is 2. The van der Waals surface area contributed by atoms with Crippen molar-refractivity contribution in [3.8, 4) is 5.75 Å². The minimum absolute atomic E-state index is 0.0233. The fourth-order valence-electron chi connectivity index (χ4n) is 5.90. The minimum atomic E-state index is -1.53. The number of hydrogen-bond donors (Lipinski definition) is 2. The van der Waals surface area contributed by atoms with Crippen molar-refractivity contribution in [2.45, 2.75) is 43.8 Å². The van der Waals surface area contributed by atoms with Gasteiger partial charge in [0.15, 0.2) is 0 Å². The molecule has 3 heterocycles. The molecule has 4 aliphatic rings. The summed E-state index contributed by atoms with van der Waals surface area (Å²) in [6.45, 7) is 0.764. The summed E-state index contributed by atoms with van der Waals surface area (Å²) in [5, 5.41) is 4.99. The van der Waals surface area contributed by atoms with Gasteiger partial charge in [-0.25, -0.2) is 4.79 Å². The van der Waals surface area contributed by atoms with Crippen LogP contribution in [0.25, 0.3) is 0 Å². The van der Waals surface area contributed by atoms with Crippen LogP contribution in [0.2, 0.25) is 0 Å². The number of benzene rings is 2. The van der Waals surface area contributed by atoms with E-state index >= 15 is 0 Å². The van der Waals surface area contributed by atoms with Crippen molar-refractivity contribution in [2.24, 2.45) is 5.92 Å². The van der Waals surface area contributed by atoms with Gasteiger partial charge in [0.25, 0.3) is 11.8 Å². The van der Waals surface area contributed by atoms with Gasteiger partial charge < -0.3 is 19.9 Å². The van der Waals surface area contributed by atoms with E-state index in [-0.39, 0.29) is 30.8 Å². The third kappa shape index (κ3) is 3.70. The van der Waals surface area contributed by atoms with Gasteiger partial charge in [-0.15, -0.1) is 0 Å². The minimum Gasteiger partial charge on any atom is -0.497 e. The Hall–Kier alpha value is -3.88. The molecule has 2 aromatic rings. The van der Waals surface area contributed by atoms with Crippen LogP contribution in [0.15, 0.2) is 42.5 Å². The topological polar surface area (TPSA) is 108 Å². The lowest BCUT2D eigenvalue weighted by atomic mass is 9.87. The fraction of sp³-hybridized carbons (Fsp3) is 0.407. The van der Waals surface area contributed by atoms with Gasteiger partial charge in [-0.3, -0.25) is 19.7 Å². The summed E-state index contributed by atoms with van der Waals surface area (Å²) >= 11 is 0. The highest BCUT2D eigenvalue weighted by atomic mass is 16.5. The molecule has 0 radical (unpaired) electrons. The first-order valence-electron chi connectivity index (χ1n) is 12.4. The molecular formula is C27H28N4O5. The molecule has 1 saturated heterocycles. The van der Waals surface area contributed by atoms with Crippen LogP contribution in [0.3, 0.4) is 0 Å². The third-order valence-corrected chi connectivity index (χ3v) is 7.84. The normalized spacial score (nSPS) is 24.8. The van der Waals surface area contributed by atoms with Crippen molar-refractivity contribution in [3.05, 3.63) is 64.7 Å². The summed E-state index contributed by atoms with van der Waals surface area (Å²) in [5.74, 6) is -0.0557. The Kier molecular flexibility index (Phi) is 5.24. The van der Waals surface area contributed by atoms with Gasteiger partial charge in [-0.2, -0.15) is 0 Å². The summed E-state index contributed by atoms with van der Waals surface area (Å²) in [5.41, 5.74) is 2.22. The second kappa shape index (κ2) is 8.36. The first-order valence-corrected chi connectivity index (χ1v) is 12.4. The number of carbonyl (C=O) groups excluding carboxylic acids is 4. The monoisotopic (exact) mass is 488 g/mol. The Balaban J connectivity index is 1.27. The average Bonchev–Trinajstić information content (AvgIpc) is 3.62. The highest BCUT2D eigenvalue weighted by Gasteiger charge is 2.52. The summed E-state index contributed by atoms with van der Waals surface area (Å²) < 4.78 is 5.24. The summed E-state index contributed by atoms with van der Waals surface area (Å²) in [6.07, 6.45) is 2.67. The van der Waals surface area contributed by atoms with Crippen molar-refractivity contribution >= 4 is 23.8 Å². The van der Waals surface area contributed by atoms with Crippen molar-refractivity contribution in [1.29, 1.82) is 0 Å². The average molecular weight is 489 g/mol. The van der Waals surface area contributed by atoms with E-state index in [9.17, 15) is 19.2 Å². The summed E-state index contributed by atoms with van der Waals surface area (Å²) in [7, 11) is 1.53. The van der Waals surface area contributed by atoms with Crippen LogP contribution in [0.1, 0.15) is 52.4 Å². The molecular weight excluding hydrogens is 460 g/mol. The second-order valence-electron chi connectivity index (χ2n) is 10.2. The number of ether oxygens (including phenoxy) is 1. The van der Waals surface area contributed by atoms with Gasteiger partial charge in [-0.05, 0) is 54.0 Å². The van der Waals surface area contributed by atoms with Crippen molar-refractivity contribution < 1.29 is 23.9 Å². The predicted octanol–water partition coefficient (Wildman–Crippen LogP) is 2.16. The van der Waals surface area contributed by atoms with Crippen molar-refractivity contribution in [2.75, 3.05) is 20.2 Å². The highest BCUT2D eigenvalue weighted by molar-refractivity contribution is 6.09. The molecule has 0 aromatic heterocycles. The van der Waals surface area contributed by atoms with Crippen LogP contribution in [0.4, 0.5) is 4.79 Å². The quantitative estimate of drug-likeness (QED) is 0.606. The SMILES string of the molecule is COc1ccc2c(c1)C(=O)N(CC1(CC(=O)N3CCc4ccccc4C3C3CC3)NC(=O)NC1=O)C2. The molecule has 6 rings (SSSR count). The summed E-state index contributed by atoms with van der Waals surface area (Å²) in [4.78, 5) is 55.7. The van der Waals surface area contributed by atoms with Crippen molar-refractivity contribution in [1.82, 2.24) is 20.4 Å². The van der Waals surface area contributed by atoms with E-state index in [0.29, 0.717) is 30.3 Å². The third-order valence-electron chi connectivity index (χ3n) is 7.84. The van der Waals surface area contributed by atoms with Gasteiger partial charge in [0.2, 0.25) is 5.91 Å². The number of urea groups is 1. The van der Waals surface area contributed by atoms with E-state index in [0.717, 1.165) is 24.8 Å². The molecule has 1 aliphatic carbocycles. The highest BCUT2D eigenvalue weighted by Crippen LogP contribution is 2.47. The maximum absolute atomic E-state index is 13.8. The molecule has 2 fully saturated rings. The van der Waals surface area contributed by atoms with Gasteiger partial charge in [0.1, 0.15) is 11.3 Å². The van der Waals surface area contributed by atoms with E-state index in [4.69, 9.17) is 4.74 Å². The molecule has 0 spiro atoms. The van der Waals surface area contributed by atoms with Gasteiger partial charge in [0.05, 0.1) is 26.1 Å². The fourth-order valence-corrected chi connectivity index (χ4v) is 5.90. The van der Waals surface area contributed by atoms with E-state index in [2.05, 4.69) is 22.8 Å². The van der Waals surface area contributed by atoms with Crippen LogP contribution in [0.5, 0.6) is 5.75 Å². The first kappa shape index (κ1) is 22.6. The maximum Gasteiger partial charge on any atom is 0.322 e. The number of rotatable bonds is 6. The Morgan fingerprint density at radius 2 is 1.92 bits per heavy atom. The first-order chi connectivity index (χ1) is 17.4. The lowest BCUT2D eigenvalue weighted by molar-refractivity contribution is -0.139. The Bertz CT molecular complexity index is 1290. The van der Waals surface area contributed by atoms with E-state index in [1.54, 1.807) is 12.1 Å². The zero-order valence-electron chi connectivity index (χ0n) is 20.1. The Labute approximate surface area is 208 Å². The Morgan fingerprint density at radius 3 is 2.64 bits per heavy atom. The van der Waals surface area contributed by atoms with E-state index in [1.807, 2.05) is 23.1 Å². The molecule has 186 valence electrons. The number of imide groups is 1. The van der Waals surface area contributed by atoms with Crippen molar-refractivity contribution in [3.63, 3.8) is 0 Å². The number of methoxy groups -OCH3 is 1. The zero-order chi connectivity index (χ0) is 25.0. The maximum atomic E-state index is 13.8. The zero-order valence-corrected chi connectivity index (χ0v) is 20.1. The lowest BCUT2D eigenvalue weighted by Crippen LogP contribution is -2.58. The van der Waals surface area contributed by atoms with Crippen LogP contribution in [-0.4, -0.2) is 59.3 Å². The smallest absolute Gasteiger partial charge is 0.322 e. The number of carbonyl (C=O) groups is 4. The van der Waals surface area contributed by atoms with Crippen LogP contribution in [-0.2, 0) is 22.6 Å². The molecule has 2 aromatic carbocycles. The lowest BCUT2D eigenvalue weighted by Gasteiger charge is -2.40. The van der Waals surface area contributed by atoms with Gasteiger partial charge in [-0.1, -0.05) is 30.3 Å². The molecule has 2 N–H and O–H groups in total. The molecule has 0 bridgehead atoms. The Morgan fingerprint density at radius 1 is 1.11 bits per heavy atom. The second-order valence-corrected chi connectivity index (χ2v) is 10.2. The largest absolute Gasteiger partial charge is 0.497 e. The van der Waals surface area contributed by atoms with Crippen LogP contribution < -0.4 is 15.4 Å². The van der Waals surface area contributed by atoms with Crippen LogP contribution >= 0.6 is 0 Å². The molecule has 5 amide bonds. The standard InChI is InChI=1S/C27H28N4O5/c1-36-19-9-8-18-14-30(24(33)21(18)12-19)15-27(25(34)28-26(35)29-27)13-22(32)31-11-10-16-4-2-3-5-20(16)23(31)17-6-7-17/h2-5,8-9,12,17,23H,6-7,10-11,13-15H2,1H3,(H2,28,29,34,35). The summed E-state index contributed by atoms with van der Waals surface area (Å²) in [6, 6.07) is 12.8. The number of amides is 5. The molecule has 1 saturated carbocycles. The molecule has 9 nitrogen and oxygen atoms in total. The van der Waals surface area contributed by atoms with Gasteiger partial charge >= 0.3 is 6.03 Å². The molecule has 2 atom stereocenters. The molecule has 3 aliphatic heterocycles. The van der Waals surface area contributed by atoms with E-state index < -0.39 is 17.5 Å². The molecule has 9 heteroatoms. The molecule has 36 heavy (non-hydrogen) atoms. The predicted molar refractivity (Wildman–Crippen MR) is 129 cm³/mol. The molecule has 2 unspecified atom stereocenters. The number of hydrogen-bond acceptors (Lipinski definition) is 5. The van der Waals surface area contributed by atoms with E-state index in [1.165, 1.54) is 23.1 Å².